The van der Waals surface area contributed by atoms with Gasteiger partial charge in [-0.1, -0.05) is 31.2 Å². The van der Waals surface area contributed by atoms with Gasteiger partial charge in [0.2, 0.25) is 0 Å². The average Bonchev–Trinajstić information content (AvgIpc) is 2.83. The first-order valence-electron chi connectivity index (χ1n) is 6.06. The lowest BCUT2D eigenvalue weighted by molar-refractivity contribution is 0.0683. The Morgan fingerprint density at radius 3 is 2.39 bits per heavy atom. The summed E-state index contributed by atoms with van der Waals surface area (Å²) >= 11 is 0. The van der Waals surface area contributed by atoms with E-state index in [0.717, 1.165) is 12.0 Å². The van der Waals surface area contributed by atoms with Crippen LogP contribution in [0, 0.1) is 0 Å². The van der Waals surface area contributed by atoms with Crippen molar-refractivity contribution in [1.29, 1.82) is 0 Å². The van der Waals surface area contributed by atoms with Gasteiger partial charge in [0.05, 0.1) is 5.69 Å². The molecule has 0 aliphatic carbocycles. The van der Waals surface area contributed by atoms with Gasteiger partial charge in [-0.3, -0.25) is 4.68 Å². The number of carboxylic acids is 1. The fraction of sp³-hybridized carbons (Fsp3) is 0.286. The minimum Gasteiger partial charge on any atom is -0.477 e. The van der Waals surface area contributed by atoms with Gasteiger partial charge in [0.15, 0.2) is 0 Å². The van der Waals surface area contributed by atoms with E-state index in [1.807, 2.05) is 31.2 Å². The van der Waals surface area contributed by atoms with Crippen molar-refractivity contribution in [3.05, 3.63) is 41.6 Å². The maximum absolute atomic E-state index is 11.1. The van der Waals surface area contributed by atoms with Gasteiger partial charge < -0.3 is 5.11 Å². The van der Waals surface area contributed by atoms with E-state index >= 15 is 0 Å². The maximum atomic E-state index is 11.1. The molecule has 94 valence electrons. The molecule has 4 nitrogen and oxygen atoms in total. The first-order chi connectivity index (χ1) is 8.65. The van der Waals surface area contributed by atoms with E-state index in [9.17, 15) is 4.79 Å². The molecule has 0 unspecified atom stereocenters. The van der Waals surface area contributed by atoms with Crippen molar-refractivity contribution in [3.8, 4) is 11.3 Å². The summed E-state index contributed by atoms with van der Waals surface area (Å²) in [5.41, 5.74) is 3.14. The monoisotopic (exact) mass is 244 g/mol. The second kappa shape index (κ2) is 5.04. The van der Waals surface area contributed by atoms with Crippen LogP contribution < -0.4 is 0 Å². The fourth-order valence-electron chi connectivity index (χ4n) is 1.88. The van der Waals surface area contributed by atoms with Crippen molar-refractivity contribution < 1.29 is 9.90 Å². The Bertz CT molecular complexity index is 556. The molecule has 0 saturated heterocycles. The molecule has 18 heavy (non-hydrogen) atoms. The van der Waals surface area contributed by atoms with Crippen molar-refractivity contribution in [3.63, 3.8) is 0 Å². The lowest BCUT2D eigenvalue weighted by Crippen LogP contribution is -2.07. The van der Waals surface area contributed by atoms with Crippen LogP contribution in [0.4, 0.5) is 0 Å². The van der Waals surface area contributed by atoms with Crippen LogP contribution in [0.15, 0.2) is 30.3 Å². The predicted octanol–water partition coefficient (Wildman–Crippen LogP) is 2.83. The number of aromatic carboxylic acids is 1. The highest BCUT2D eigenvalue weighted by Crippen LogP contribution is 2.20. The molecular weight excluding hydrogens is 228 g/mol. The second-order valence-electron chi connectivity index (χ2n) is 4.09. The first-order valence-corrected chi connectivity index (χ1v) is 6.06. The number of carboxylic acid groups (broad SMARTS) is 1. The zero-order valence-corrected chi connectivity index (χ0v) is 10.6. The number of hydrogen-bond donors (Lipinski definition) is 1. The van der Waals surface area contributed by atoms with Crippen LogP contribution in [0.3, 0.4) is 0 Å². The minimum absolute atomic E-state index is 0.229. The molecule has 0 spiro atoms. The molecule has 0 saturated carbocycles. The maximum Gasteiger partial charge on any atom is 0.354 e. The van der Waals surface area contributed by atoms with E-state index in [1.165, 1.54) is 10.2 Å². The van der Waals surface area contributed by atoms with Gasteiger partial charge in [0.1, 0.15) is 5.69 Å². The number of nitrogens with zero attached hydrogens (tertiary/aromatic N) is 2. The van der Waals surface area contributed by atoms with E-state index in [0.29, 0.717) is 12.2 Å². The smallest absolute Gasteiger partial charge is 0.354 e. The largest absolute Gasteiger partial charge is 0.477 e. The van der Waals surface area contributed by atoms with Gasteiger partial charge in [0, 0.05) is 12.1 Å². The summed E-state index contributed by atoms with van der Waals surface area (Å²) in [6.07, 6.45) is 0.990. The zero-order chi connectivity index (χ0) is 13.1. The third-order valence-electron chi connectivity index (χ3n) is 2.96. The van der Waals surface area contributed by atoms with Crippen LogP contribution in [-0.4, -0.2) is 20.9 Å². The molecule has 0 fully saturated rings. The number of aromatic nitrogens is 2. The van der Waals surface area contributed by atoms with E-state index < -0.39 is 5.97 Å². The Labute approximate surface area is 106 Å². The summed E-state index contributed by atoms with van der Waals surface area (Å²) < 4.78 is 1.51. The molecule has 0 radical (unpaired) electrons. The Morgan fingerprint density at radius 1 is 1.28 bits per heavy atom. The highest BCUT2D eigenvalue weighted by atomic mass is 16.4. The van der Waals surface area contributed by atoms with Gasteiger partial charge in [-0.15, -0.1) is 0 Å². The molecule has 1 aromatic heterocycles. The molecule has 0 bridgehead atoms. The van der Waals surface area contributed by atoms with Crippen molar-refractivity contribution in [2.24, 2.45) is 0 Å². The molecule has 1 N–H and O–H groups in total. The minimum atomic E-state index is -0.944. The topological polar surface area (TPSA) is 55.1 Å². The fourth-order valence-corrected chi connectivity index (χ4v) is 1.88. The zero-order valence-electron chi connectivity index (χ0n) is 10.6. The summed E-state index contributed by atoms with van der Waals surface area (Å²) in [5, 5.41) is 13.4. The molecule has 1 aromatic carbocycles. The number of hydrogen-bond acceptors (Lipinski definition) is 2. The number of rotatable bonds is 4. The van der Waals surface area contributed by atoms with Gasteiger partial charge in [-0.25, -0.2) is 4.79 Å². The highest BCUT2D eigenvalue weighted by Gasteiger charge is 2.13. The Morgan fingerprint density at radius 2 is 1.94 bits per heavy atom. The van der Waals surface area contributed by atoms with Crippen LogP contribution in [0.1, 0.15) is 29.9 Å². The van der Waals surface area contributed by atoms with Crippen molar-refractivity contribution in [1.82, 2.24) is 9.78 Å². The van der Waals surface area contributed by atoms with Gasteiger partial charge in [-0.05, 0) is 25.0 Å². The third-order valence-corrected chi connectivity index (χ3v) is 2.96. The average molecular weight is 244 g/mol. The molecule has 2 aromatic rings. The van der Waals surface area contributed by atoms with Crippen molar-refractivity contribution in [2.45, 2.75) is 26.8 Å². The van der Waals surface area contributed by atoms with Crippen LogP contribution in [-0.2, 0) is 13.0 Å². The second-order valence-corrected chi connectivity index (χ2v) is 4.09. The molecule has 2 rings (SSSR count). The molecule has 0 atom stereocenters. The first kappa shape index (κ1) is 12.4. The van der Waals surface area contributed by atoms with Gasteiger partial charge in [0.25, 0.3) is 0 Å². The lowest BCUT2D eigenvalue weighted by atomic mass is 10.1. The normalized spacial score (nSPS) is 10.6. The van der Waals surface area contributed by atoms with E-state index in [-0.39, 0.29) is 5.69 Å². The van der Waals surface area contributed by atoms with Gasteiger partial charge in [-0.2, -0.15) is 5.10 Å². The van der Waals surface area contributed by atoms with Crippen molar-refractivity contribution >= 4 is 5.97 Å². The number of carbonyl (C=O) groups is 1. The predicted molar refractivity (Wildman–Crippen MR) is 69.7 cm³/mol. The molecule has 1 heterocycles. The number of benzene rings is 1. The summed E-state index contributed by atoms with van der Waals surface area (Å²) in [6.45, 7) is 4.53. The SMILES string of the molecule is CCc1ccc(-c2cc(C(=O)O)n(CC)n2)cc1. The Hall–Kier alpha value is -2.10. The highest BCUT2D eigenvalue weighted by molar-refractivity contribution is 5.87. The van der Waals surface area contributed by atoms with Gasteiger partial charge >= 0.3 is 5.97 Å². The standard InChI is InChI=1S/C14H16N2O2/c1-3-10-5-7-11(8-6-10)12-9-13(14(17)18)16(4-2)15-12/h5-9H,3-4H2,1-2H3,(H,17,18). The molecule has 0 aliphatic rings. The summed E-state index contributed by atoms with van der Waals surface area (Å²) in [5.74, 6) is -0.944. The van der Waals surface area contributed by atoms with E-state index in [1.54, 1.807) is 6.07 Å². The van der Waals surface area contributed by atoms with Crippen molar-refractivity contribution in [2.75, 3.05) is 0 Å². The Balaban J connectivity index is 2.40. The Kier molecular flexibility index (Phi) is 3.46. The van der Waals surface area contributed by atoms with Crippen LogP contribution in [0.5, 0.6) is 0 Å². The summed E-state index contributed by atoms with van der Waals surface area (Å²) in [4.78, 5) is 11.1. The molecule has 0 aliphatic heterocycles. The summed E-state index contributed by atoms with van der Waals surface area (Å²) in [6, 6.07) is 9.66. The van der Waals surface area contributed by atoms with Crippen LogP contribution >= 0.6 is 0 Å². The van der Waals surface area contributed by atoms with Crippen LogP contribution in [0.25, 0.3) is 11.3 Å². The molecular formula is C14H16N2O2. The van der Waals surface area contributed by atoms with E-state index in [4.69, 9.17) is 5.11 Å². The lowest BCUT2D eigenvalue weighted by Gasteiger charge is -1.99. The van der Waals surface area contributed by atoms with Crippen LogP contribution in [0.2, 0.25) is 0 Å². The number of aryl methyl sites for hydroxylation is 2. The molecule has 0 amide bonds. The molecule has 4 heteroatoms. The third kappa shape index (κ3) is 2.27. The van der Waals surface area contributed by atoms with E-state index in [2.05, 4.69) is 12.0 Å². The quantitative estimate of drug-likeness (QED) is 0.899. The summed E-state index contributed by atoms with van der Waals surface area (Å²) in [7, 11) is 0.